The van der Waals surface area contributed by atoms with Crippen LogP contribution in [-0.4, -0.2) is 59.0 Å². The van der Waals surface area contributed by atoms with Gasteiger partial charge in [-0.1, -0.05) is 43.3 Å². The summed E-state index contributed by atoms with van der Waals surface area (Å²) in [6, 6.07) is -1.33. The summed E-state index contributed by atoms with van der Waals surface area (Å²) in [7, 11) is 0.340. The van der Waals surface area contributed by atoms with Gasteiger partial charge in [0.05, 0.1) is 7.32 Å². The number of nitrogens with one attached hydrogen (secondary N) is 1. The van der Waals surface area contributed by atoms with Crippen LogP contribution in [0.3, 0.4) is 0 Å². The zero-order chi connectivity index (χ0) is 17.4. The fraction of sp³-hybridized carbons (Fsp3) is 0.818. The first-order valence-corrected chi connectivity index (χ1v) is 11.8. The summed E-state index contributed by atoms with van der Waals surface area (Å²) >= 11 is 2.04. The zero-order valence-electron chi connectivity index (χ0n) is 14.0. The largest absolute Gasteiger partial charge is 0.529 e. The SMILES string of the molecule is C.CC(C)[C@H](NN)C(=O)N1CCC[C@H]1C(=O)B(O)O.O.[2H]P(P)I.[V]. The summed E-state index contributed by atoms with van der Waals surface area (Å²) in [6.07, 6.45) is 1.13. The molecule has 0 aromatic rings. The van der Waals surface area contributed by atoms with Gasteiger partial charge in [0.2, 0.25) is 5.91 Å². The van der Waals surface area contributed by atoms with E-state index in [1.807, 2.05) is 35.9 Å². The topological polar surface area (TPSA) is 147 Å². The molecule has 0 bridgehead atoms. The minimum absolute atomic E-state index is 0. The van der Waals surface area contributed by atoms with E-state index in [4.69, 9.17) is 17.2 Å². The van der Waals surface area contributed by atoms with Gasteiger partial charge in [-0.15, -0.1) is 8.93 Å². The van der Waals surface area contributed by atoms with E-state index in [0.717, 1.165) is 0 Å². The van der Waals surface area contributed by atoms with Gasteiger partial charge in [0.25, 0.3) is 0 Å². The van der Waals surface area contributed by atoms with E-state index in [1.165, 1.54) is 4.90 Å². The summed E-state index contributed by atoms with van der Waals surface area (Å²) in [4.78, 5) is 25.2. The van der Waals surface area contributed by atoms with Gasteiger partial charge in [-0.25, -0.2) is 5.43 Å². The van der Waals surface area contributed by atoms with Crippen molar-refractivity contribution < 1.29 is 43.7 Å². The van der Waals surface area contributed by atoms with Crippen molar-refractivity contribution in [1.29, 1.82) is 1.28 Å². The number of amides is 1. The minimum Gasteiger partial charge on any atom is -0.421 e. The molecule has 1 radical (unpaired) electrons. The molecule has 1 heterocycles. The molecular weight excluding hydrogens is 505 g/mol. The van der Waals surface area contributed by atoms with Crippen LogP contribution in [0.1, 0.15) is 34.1 Å². The van der Waals surface area contributed by atoms with E-state index in [9.17, 15) is 9.59 Å². The molecule has 0 aromatic heterocycles. The summed E-state index contributed by atoms with van der Waals surface area (Å²) < 4.78 is 6.60. The molecule has 0 aliphatic carbocycles. The molecule has 2 unspecified atom stereocenters. The maximum atomic E-state index is 12.2. The number of hydrazine groups is 1. The van der Waals surface area contributed by atoms with Crippen molar-refractivity contribution in [2.24, 2.45) is 11.8 Å². The van der Waals surface area contributed by atoms with E-state index in [1.54, 1.807) is 0 Å². The molecule has 1 rings (SSSR count). The van der Waals surface area contributed by atoms with Crippen molar-refractivity contribution in [1.82, 2.24) is 10.3 Å². The third-order valence-corrected chi connectivity index (χ3v) is 3.23. The molecule has 4 atom stereocenters. The second-order valence-corrected chi connectivity index (χ2v) is 10.7. The van der Waals surface area contributed by atoms with E-state index >= 15 is 0 Å². The predicted octanol–water partition coefficient (Wildman–Crippen LogP) is -0.340. The van der Waals surface area contributed by atoms with Gasteiger partial charge in [-0.2, -0.15) is 0 Å². The first-order chi connectivity index (χ1) is 10.1. The molecule has 1 amide bonds. The smallest absolute Gasteiger partial charge is 0.421 e. The van der Waals surface area contributed by atoms with Crippen molar-refractivity contribution in [3.63, 3.8) is 0 Å². The van der Waals surface area contributed by atoms with Gasteiger partial charge in [-0.3, -0.25) is 10.6 Å². The van der Waals surface area contributed by atoms with Crippen molar-refractivity contribution in [3.8, 4) is 0 Å². The number of carbonyl (C=O) groups excluding carboxylic acids is 2. The van der Waals surface area contributed by atoms with Gasteiger partial charge >= 0.3 is 7.12 Å². The number of rotatable bonds is 5. The Kier molecular flexibility index (Phi) is 21.9. The van der Waals surface area contributed by atoms with Crippen LogP contribution in [0.4, 0.5) is 0 Å². The number of hydrogen-bond acceptors (Lipinski definition) is 6. The van der Waals surface area contributed by atoms with Crippen LogP contribution in [0, 0.1) is 5.92 Å². The molecule has 0 spiro atoms. The average Bonchev–Trinajstić information content (AvgIpc) is 2.86. The van der Waals surface area contributed by atoms with Crippen LogP contribution in [0.25, 0.3) is 0 Å². The fourth-order valence-electron chi connectivity index (χ4n) is 2.23. The van der Waals surface area contributed by atoms with Gasteiger partial charge < -0.3 is 25.2 Å². The summed E-state index contributed by atoms with van der Waals surface area (Å²) in [5.41, 5.74) is 1.70. The van der Waals surface area contributed by atoms with Crippen molar-refractivity contribution in [3.05, 3.63) is 0 Å². The molecule has 1 saturated heterocycles. The monoisotopic (exact) mass is 535 g/mol. The van der Waals surface area contributed by atoms with E-state index in [2.05, 4.69) is 14.4 Å². The summed E-state index contributed by atoms with van der Waals surface area (Å²) in [5.74, 6) is 4.57. The molecule has 143 valence electrons. The second-order valence-electron chi connectivity index (χ2n) is 4.95. The molecule has 7 N–H and O–H groups in total. The Balaban J connectivity index is -0.000000285. The maximum absolute atomic E-state index is 12.2. The molecular formula is C11H29BIN3O5P2V. The Labute approximate surface area is 174 Å². The average molecular weight is 535 g/mol. The molecule has 0 saturated carbocycles. The van der Waals surface area contributed by atoms with Crippen LogP contribution < -0.4 is 11.3 Å². The first kappa shape index (κ1) is 29.9. The Hall–Kier alpha value is 1.18. The van der Waals surface area contributed by atoms with E-state index in [0.29, 0.717) is 19.4 Å². The minimum atomic E-state index is -2.04. The molecule has 24 heavy (non-hydrogen) atoms. The molecule has 0 aromatic carbocycles. The van der Waals surface area contributed by atoms with Crippen LogP contribution in [0.15, 0.2) is 0 Å². The van der Waals surface area contributed by atoms with Gasteiger partial charge in [-0.05, 0) is 24.6 Å². The Bertz CT molecular complexity index is 389. The molecule has 13 heteroatoms. The maximum Gasteiger partial charge on any atom is 0.529 e. The quantitative estimate of drug-likeness (QED) is 0.125. The number of nitrogens with two attached hydrogens (primary N) is 1. The Morgan fingerprint density at radius 1 is 1.54 bits per heavy atom. The number of carbonyl (C=O) groups is 2. The third-order valence-electron chi connectivity index (χ3n) is 3.23. The fourth-order valence-corrected chi connectivity index (χ4v) is 2.23. The molecule has 1 aliphatic heterocycles. The van der Waals surface area contributed by atoms with Crippen molar-refractivity contribution in [2.45, 2.75) is 46.2 Å². The number of hydrogen-bond donors (Lipinski definition) is 4. The van der Waals surface area contributed by atoms with E-state index in [-0.39, 0.29) is 43.3 Å². The molecule has 1 fully saturated rings. The van der Waals surface area contributed by atoms with Crippen LogP contribution in [-0.2, 0) is 28.1 Å². The van der Waals surface area contributed by atoms with Crippen LogP contribution in [0.5, 0.6) is 0 Å². The van der Waals surface area contributed by atoms with Gasteiger partial charge in [0.15, 0.2) is 5.68 Å². The van der Waals surface area contributed by atoms with E-state index < -0.39 is 30.7 Å². The summed E-state index contributed by atoms with van der Waals surface area (Å²) in [6.45, 7) is 4.12. The normalized spacial score (nSPS) is 18.6. The number of nitrogens with zero attached hydrogens (tertiary/aromatic N) is 1. The Morgan fingerprint density at radius 3 is 2.33 bits per heavy atom. The van der Waals surface area contributed by atoms with Gasteiger partial charge in [0.1, 0.15) is 6.04 Å². The number of likely N-dealkylation sites (tertiary alicyclic amines) is 1. The molecule has 1 aliphatic rings. The predicted molar refractivity (Wildman–Crippen MR) is 108 cm³/mol. The molecule has 8 nitrogen and oxygen atoms in total. The zero-order valence-corrected chi connectivity index (χ0v) is 18.6. The Morgan fingerprint density at radius 2 is 2.00 bits per heavy atom. The van der Waals surface area contributed by atoms with Crippen molar-refractivity contribution >= 4 is 55.5 Å². The van der Waals surface area contributed by atoms with Crippen LogP contribution >= 0.6 is 36.8 Å². The van der Waals surface area contributed by atoms with Crippen LogP contribution in [0.2, 0.25) is 0 Å². The number of halogens is 1. The van der Waals surface area contributed by atoms with Crippen molar-refractivity contribution in [2.75, 3.05) is 6.54 Å². The third kappa shape index (κ3) is 10.4. The van der Waals surface area contributed by atoms with Gasteiger partial charge in [0, 0.05) is 25.1 Å². The standard InChI is InChI=1S/C10H20BN3O4.CH4.H3IP2.H2O.V/c1-6(2)8(13-12)10(16)14-5-3-4-7(14)9(15)11(17)18;;1-3-2;;/h6-8,13,17-18H,3-5,12H2,1-2H3;1H4;3H,2H2;1H2;/t7-,8-;;;;/m0..../s1/i;;3D;;. The first-order valence-electron chi connectivity index (χ1n) is 6.94. The summed E-state index contributed by atoms with van der Waals surface area (Å²) in [5, 5.41) is 17.8. The second kappa shape index (κ2) is 17.6.